The van der Waals surface area contributed by atoms with Crippen LogP contribution in [-0.4, -0.2) is 9.55 Å². The van der Waals surface area contributed by atoms with Gasteiger partial charge in [0.2, 0.25) is 0 Å². The fraction of sp³-hybridized carbons (Fsp3) is 0.294. The summed E-state index contributed by atoms with van der Waals surface area (Å²) < 4.78 is 2.48. The van der Waals surface area contributed by atoms with E-state index in [4.69, 9.17) is 0 Å². The number of benzene rings is 1. The molecule has 21 heavy (non-hydrogen) atoms. The molecule has 4 heteroatoms. The summed E-state index contributed by atoms with van der Waals surface area (Å²) in [5, 5.41) is 2.00. The summed E-state index contributed by atoms with van der Waals surface area (Å²) in [6.07, 6.45) is 5.29. The highest BCUT2D eigenvalue weighted by molar-refractivity contribution is 7.17. The summed E-state index contributed by atoms with van der Waals surface area (Å²) in [5.74, 6) is 0. The minimum absolute atomic E-state index is 0.0681. The van der Waals surface area contributed by atoms with Crippen LogP contribution in [0.3, 0.4) is 0 Å². The third-order valence-corrected chi connectivity index (χ3v) is 5.31. The molecule has 0 bridgehead atoms. The lowest BCUT2D eigenvalue weighted by molar-refractivity contribution is 0.748. The van der Waals surface area contributed by atoms with Crippen LogP contribution in [0.2, 0.25) is 0 Å². The number of nitrogens with zero attached hydrogens (tertiary/aromatic N) is 2. The first-order valence-electron chi connectivity index (χ1n) is 7.26. The molecule has 1 aliphatic carbocycles. The number of hydrogen-bond donors (Lipinski definition) is 0. The van der Waals surface area contributed by atoms with Crippen LogP contribution in [0.1, 0.15) is 28.7 Å². The van der Waals surface area contributed by atoms with Crippen LogP contribution in [-0.2, 0) is 19.4 Å². The summed E-state index contributed by atoms with van der Waals surface area (Å²) in [4.78, 5) is 17.0. The molecule has 0 aliphatic heterocycles. The first kappa shape index (κ1) is 12.8. The summed E-state index contributed by atoms with van der Waals surface area (Å²) >= 11 is 1.49. The van der Waals surface area contributed by atoms with Crippen LogP contribution < -0.4 is 5.56 Å². The largest absolute Gasteiger partial charge is 0.294 e. The van der Waals surface area contributed by atoms with Gasteiger partial charge in [-0.2, -0.15) is 0 Å². The fourth-order valence-electron chi connectivity index (χ4n) is 3.09. The molecular formula is C17H16N2OS. The first-order valence-corrected chi connectivity index (χ1v) is 8.14. The van der Waals surface area contributed by atoms with Crippen molar-refractivity contribution in [3.05, 3.63) is 62.5 Å². The summed E-state index contributed by atoms with van der Waals surface area (Å²) in [7, 11) is 0. The van der Waals surface area contributed by atoms with Gasteiger partial charge in [0, 0.05) is 0 Å². The normalized spacial score (nSPS) is 13.8. The van der Waals surface area contributed by atoms with Gasteiger partial charge < -0.3 is 0 Å². The van der Waals surface area contributed by atoms with E-state index in [0.29, 0.717) is 6.54 Å². The van der Waals surface area contributed by atoms with Gasteiger partial charge in [-0.1, -0.05) is 18.2 Å². The van der Waals surface area contributed by atoms with E-state index in [1.165, 1.54) is 47.3 Å². The highest BCUT2D eigenvalue weighted by atomic mass is 32.1. The van der Waals surface area contributed by atoms with Gasteiger partial charge in [0.25, 0.3) is 5.56 Å². The molecule has 1 aliphatic rings. The van der Waals surface area contributed by atoms with E-state index in [-0.39, 0.29) is 5.56 Å². The van der Waals surface area contributed by atoms with Crippen LogP contribution in [0, 0.1) is 6.92 Å². The summed E-state index contributed by atoms with van der Waals surface area (Å²) in [5.41, 5.74) is 6.09. The maximum absolute atomic E-state index is 12.5. The molecular weight excluding hydrogens is 280 g/mol. The summed E-state index contributed by atoms with van der Waals surface area (Å²) in [6.45, 7) is 2.60. The SMILES string of the molecule is Cc1csc2c(=O)n(Cc3ccc4c(c3)CCC4)cnc12. The van der Waals surface area contributed by atoms with E-state index in [0.717, 1.165) is 15.8 Å². The molecule has 0 N–H and O–H groups in total. The van der Waals surface area contributed by atoms with Crippen molar-refractivity contribution < 1.29 is 0 Å². The highest BCUT2D eigenvalue weighted by Gasteiger charge is 2.12. The van der Waals surface area contributed by atoms with Gasteiger partial charge in [0.05, 0.1) is 18.4 Å². The predicted octanol–water partition coefficient (Wildman–Crippen LogP) is 3.30. The van der Waals surface area contributed by atoms with Gasteiger partial charge in [-0.3, -0.25) is 9.36 Å². The molecule has 0 amide bonds. The second kappa shape index (κ2) is 4.81. The topological polar surface area (TPSA) is 34.9 Å². The minimum atomic E-state index is 0.0681. The van der Waals surface area contributed by atoms with E-state index >= 15 is 0 Å². The van der Waals surface area contributed by atoms with E-state index in [9.17, 15) is 4.79 Å². The van der Waals surface area contributed by atoms with Crippen molar-refractivity contribution in [1.82, 2.24) is 9.55 Å². The molecule has 0 spiro atoms. The Balaban J connectivity index is 1.74. The molecule has 0 radical (unpaired) electrons. The fourth-order valence-corrected chi connectivity index (χ4v) is 4.04. The Kier molecular flexibility index (Phi) is 2.93. The highest BCUT2D eigenvalue weighted by Crippen LogP contribution is 2.23. The van der Waals surface area contributed by atoms with Gasteiger partial charge in [0.1, 0.15) is 4.70 Å². The van der Waals surface area contributed by atoms with Crippen LogP contribution >= 0.6 is 11.3 Å². The van der Waals surface area contributed by atoms with Crippen molar-refractivity contribution >= 4 is 21.6 Å². The molecule has 1 aromatic carbocycles. The third-order valence-electron chi connectivity index (χ3n) is 4.24. The van der Waals surface area contributed by atoms with Gasteiger partial charge in [0.15, 0.2) is 0 Å². The van der Waals surface area contributed by atoms with Crippen LogP contribution in [0.25, 0.3) is 10.2 Å². The van der Waals surface area contributed by atoms with Gasteiger partial charge in [-0.15, -0.1) is 11.3 Å². The van der Waals surface area contributed by atoms with Gasteiger partial charge in [-0.05, 0) is 53.8 Å². The van der Waals surface area contributed by atoms with Crippen molar-refractivity contribution in [3.8, 4) is 0 Å². The maximum atomic E-state index is 12.5. The Bertz CT molecular complexity index is 891. The van der Waals surface area contributed by atoms with Crippen molar-refractivity contribution in [3.63, 3.8) is 0 Å². The number of aromatic nitrogens is 2. The lowest BCUT2D eigenvalue weighted by Crippen LogP contribution is -2.20. The number of hydrogen-bond acceptors (Lipinski definition) is 3. The smallest absolute Gasteiger partial charge is 0.271 e. The molecule has 3 aromatic rings. The Morgan fingerprint density at radius 3 is 3.05 bits per heavy atom. The Labute approximate surface area is 126 Å². The zero-order chi connectivity index (χ0) is 14.4. The van der Waals surface area contributed by atoms with Crippen LogP contribution in [0.5, 0.6) is 0 Å². The van der Waals surface area contributed by atoms with Crippen LogP contribution in [0.15, 0.2) is 34.7 Å². The van der Waals surface area contributed by atoms with Crippen molar-refractivity contribution in [1.29, 1.82) is 0 Å². The van der Waals surface area contributed by atoms with Crippen molar-refractivity contribution in [2.45, 2.75) is 32.7 Å². The molecule has 0 saturated heterocycles. The zero-order valence-corrected chi connectivity index (χ0v) is 12.7. The quantitative estimate of drug-likeness (QED) is 0.727. The standard InChI is InChI=1S/C17H16N2OS/c1-11-9-21-16-15(11)18-10-19(17(16)20)8-12-5-6-13-3-2-4-14(13)7-12/h5-7,9-10H,2-4,8H2,1H3. The summed E-state index contributed by atoms with van der Waals surface area (Å²) in [6, 6.07) is 6.60. The number of fused-ring (bicyclic) bond motifs is 2. The van der Waals surface area contributed by atoms with Gasteiger partial charge >= 0.3 is 0 Å². The molecule has 0 unspecified atom stereocenters. The number of aryl methyl sites for hydroxylation is 3. The predicted molar refractivity (Wildman–Crippen MR) is 86.2 cm³/mol. The molecule has 4 rings (SSSR count). The molecule has 2 aromatic heterocycles. The molecule has 0 atom stereocenters. The zero-order valence-electron chi connectivity index (χ0n) is 11.9. The Morgan fingerprint density at radius 2 is 2.14 bits per heavy atom. The average molecular weight is 296 g/mol. The van der Waals surface area contributed by atoms with Gasteiger partial charge in [-0.25, -0.2) is 4.98 Å². The molecule has 3 nitrogen and oxygen atoms in total. The molecule has 106 valence electrons. The minimum Gasteiger partial charge on any atom is -0.294 e. The number of rotatable bonds is 2. The van der Waals surface area contributed by atoms with E-state index < -0.39 is 0 Å². The van der Waals surface area contributed by atoms with Crippen LogP contribution in [0.4, 0.5) is 0 Å². The lowest BCUT2D eigenvalue weighted by atomic mass is 10.1. The third kappa shape index (κ3) is 2.10. The molecule has 0 saturated carbocycles. The van der Waals surface area contributed by atoms with E-state index in [1.54, 1.807) is 10.9 Å². The molecule has 0 fully saturated rings. The Hall–Kier alpha value is -1.94. The second-order valence-electron chi connectivity index (χ2n) is 5.73. The second-order valence-corrected chi connectivity index (χ2v) is 6.61. The van der Waals surface area contributed by atoms with E-state index in [1.807, 2.05) is 12.3 Å². The Morgan fingerprint density at radius 1 is 1.29 bits per heavy atom. The van der Waals surface area contributed by atoms with E-state index in [2.05, 4.69) is 23.2 Å². The monoisotopic (exact) mass is 296 g/mol. The van der Waals surface area contributed by atoms with Crippen molar-refractivity contribution in [2.24, 2.45) is 0 Å². The maximum Gasteiger partial charge on any atom is 0.271 e. The number of thiophene rings is 1. The average Bonchev–Trinajstić information content (AvgIpc) is 3.09. The lowest BCUT2D eigenvalue weighted by Gasteiger charge is -2.07. The van der Waals surface area contributed by atoms with Crippen molar-refractivity contribution in [2.75, 3.05) is 0 Å². The first-order chi connectivity index (χ1) is 10.2. The molecule has 2 heterocycles.